The van der Waals surface area contributed by atoms with E-state index in [0.717, 1.165) is 12.8 Å². The average Bonchev–Trinajstić information content (AvgIpc) is 2.43. The van der Waals surface area contributed by atoms with Gasteiger partial charge in [0.05, 0.1) is 13.7 Å². The normalized spacial score (nSPS) is 10.3. The minimum absolute atomic E-state index is 0.0155. The van der Waals surface area contributed by atoms with Crippen LogP contribution < -0.4 is 5.32 Å². The molecule has 0 saturated heterocycles. The third-order valence-corrected chi connectivity index (χ3v) is 3.10. The summed E-state index contributed by atoms with van der Waals surface area (Å²) in [4.78, 5) is 25.0. The average molecular weight is 270 g/mol. The molecule has 0 unspecified atom stereocenters. The highest BCUT2D eigenvalue weighted by Crippen LogP contribution is 2.10. The van der Waals surface area contributed by atoms with E-state index in [1.54, 1.807) is 11.0 Å². The lowest BCUT2D eigenvalue weighted by Crippen LogP contribution is -2.43. The van der Waals surface area contributed by atoms with Crippen molar-refractivity contribution >= 4 is 11.9 Å². The molecule has 0 saturated carbocycles. The number of amides is 1. The number of hydrogen-bond acceptors (Lipinski definition) is 4. The Kier molecular flexibility index (Phi) is 9.80. The van der Waals surface area contributed by atoms with E-state index >= 15 is 0 Å². The standard InChI is InChI=1S/C14H26N2O3/c1-5-8-15-9-13(17)16(11-14(18)19-4)10-12(6-2)7-3/h5,12,15H,1,6-11H2,2-4H3. The van der Waals surface area contributed by atoms with E-state index in [4.69, 9.17) is 0 Å². The maximum Gasteiger partial charge on any atom is 0.325 e. The Morgan fingerprint density at radius 3 is 2.47 bits per heavy atom. The molecule has 0 heterocycles. The summed E-state index contributed by atoms with van der Waals surface area (Å²) in [7, 11) is 1.33. The van der Waals surface area contributed by atoms with Crippen molar-refractivity contribution in [3.63, 3.8) is 0 Å². The lowest BCUT2D eigenvalue weighted by molar-refractivity contribution is -0.147. The molecule has 0 aliphatic carbocycles. The van der Waals surface area contributed by atoms with Gasteiger partial charge in [0.1, 0.15) is 6.54 Å². The molecule has 19 heavy (non-hydrogen) atoms. The van der Waals surface area contributed by atoms with Gasteiger partial charge in [-0.2, -0.15) is 0 Å². The van der Waals surface area contributed by atoms with Crippen LogP contribution in [-0.2, 0) is 14.3 Å². The number of hydrogen-bond donors (Lipinski definition) is 1. The predicted molar refractivity (Wildman–Crippen MR) is 75.7 cm³/mol. The molecule has 0 aromatic carbocycles. The topological polar surface area (TPSA) is 58.6 Å². The first kappa shape index (κ1) is 17.6. The van der Waals surface area contributed by atoms with Gasteiger partial charge in [0, 0.05) is 13.1 Å². The smallest absolute Gasteiger partial charge is 0.325 e. The Bertz CT molecular complexity index is 288. The summed E-state index contributed by atoms with van der Waals surface area (Å²) in [5.74, 6) is -0.0600. The third kappa shape index (κ3) is 7.62. The summed E-state index contributed by atoms with van der Waals surface area (Å²) in [6.07, 6.45) is 3.67. The summed E-state index contributed by atoms with van der Waals surface area (Å²) in [5.41, 5.74) is 0. The Balaban J connectivity index is 4.50. The molecule has 0 bridgehead atoms. The molecule has 0 aliphatic heterocycles. The summed E-state index contributed by atoms with van der Waals surface area (Å²) in [6.45, 7) is 9.15. The molecule has 0 aliphatic rings. The Morgan fingerprint density at radius 1 is 1.37 bits per heavy atom. The zero-order valence-corrected chi connectivity index (χ0v) is 12.3. The number of carbonyl (C=O) groups excluding carboxylic acids is 2. The van der Waals surface area contributed by atoms with Gasteiger partial charge in [-0.25, -0.2) is 0 Å². The molecule has 0 rings (SSSR count). The molecule has 0 spiro atoms. The second kappa shape index (κ2) is 10.6. The van der Waals surface area contributed by atoms with Crippen molar-refractivity contribution < 1.29 is 14.3 Å². The molecule has 0 aromatic heterocycles. The van der Waals surface area contributed by atoms with E-state index < -0.39 is 0 Å². The van der Waals surface area contributed by atoms with Crippen molar-refractivity contribution in [1.82, 2.24) is 10.2 Å². The number of rotatable bonds is 10. The van der Waals surface area contributed by atoms with Crippen LogP contribution in [0.5, 0.6) is 0 Å². The van der Waals surface area contributed by atoms with Crippen LogP contribution >= 0.6 is 0 Å². The molecular weight excluding hydrogens is 244 g/mol. The largest absolute Gasteiger partial charge is 0.468 e. The Morgan fingerprint density at radius 2 is 2.00 bits per heavy atom. The SMILES string of the molecule is C=CCNCC(=O)N(CC(=O)OC)CC(CC)CC. The maximum absolute atomic E-state index is 12.1. The minimum Gasteiger partial charge on any atom is -0.468 e. The van der Waals surface area contributed by atoms with E-state index in [9.17, 15) is 9.59 Å². The van der Waals surface area contributed by atoms with Gasteiger partial charge >= 0.3 is 5.97 Å². The fourth-order valence-corrected chi connectivity index (χ4v) is 1.73. The van der Waals surface area contributed by atoms with Crippen LogP contribution in [0.25, 0.3) is 0 Å². The van der Waals surface area contributed by atoms with Gasteiger partial charge in [0.25, 0.3) is 0 Å². The third-order valence-electron chi connectivity index (χ3n) is 3.10. The maximum atomic E-state index is 12.1. The molecule has 5 nitrogen and oxygen atoms in total. The second-order valence-corrected chi connectivity index (χ2v) is 4.45. The Labute approximate surface area is 116 Å². The van der Waals surface area contributed by atoms with Crippen LogP contribution in [0.4, 0.5) is 0 Å². The summed E-state index contributed by atoms with van der Waals surface area (Å²) >= 11 is 0. The number of nitrogens with one attached hydrogen (secondary N) is 1. The van der Waals surface area contributed by atoms with E-state index in [1.807, 2.05) is 0 Å². The monoisotopic (exact) mass is 270 g/mol. The number of esters is 1. The summed E-state index contributed by atoms with van der Waals surface area (Å²) < 4.78 is 4.64. The highest BCUT2D eigenvalue weighted by Gasteiger charge is 2.19. The first-order valence-corrected chi connectivity index (χ1v) is 6.75. The molecule has 0 radical (unpaired) electrons. The van der Waals surface area contributed by atoms with E-state index in [1.165, 1.54) is 7.11 Å². The Hall–Kier alpha value is -1.36. The van der Waals surface area contributed by atoms with Crippen LogP contribution in [0, 0.1) is 5.92 Å². The highest BCUT2D eigenvalue weighted by atomic mass is 16.5. The lowest BCUT2D eigenvalue weighted by atomic mass is 10.0. The van der Waals surface area contributed by atoms with Crippen molar-refractivity contribution in [2.75, 3.05) is 33.3 Å². The number of ether oxygens (including phenoxy) is 1. The number of nitrogens with zero attached hydrogens (tertiary/aromatic N) is 1. The van der Waals surface area contributed by atoms with E-state index in [0.29, 0.717) is 19.0 Å². The fourth-order valence-electron chi connectivity index (χ4n) is 1.73. The van der Waals surface area contributed by atoms with Crippen LogP contribution in [0.2, 0.25) is 0 Å². The molecule has 1 N–H and O–H groups in total. The molecule has 0 fully saturated rings. The van der Waals surface area contributed by atoms with Gasteiger partial charge in [-0.3, -0.25) is 9.59 Å². The zero-order chi connectivity index (χ0) is 14.7. The molecule has 0 aromatic rings. The molecule has 1 amide bonds. The van der Waals surface area contributed by atoms with Crippen LogP contribution in [0.15, 0.2) is 12.7 Å². The summed E-state index contributed by atoms with van der Waals surface area (Å²) in [5, 5.41) is 2.95. The van der Waals surface area contributed by atoms with Gasteiger partial charge in [-0.1, -0.05) is 32.8 Å². The van der Waals surface area contributed by atoms with Gasteiger partial charge < -0.3 is 15.0 Å². The molecule has 0 atom stereocenters. The van der Waals surface area contributed by atoms with E-state index in [2.05, 4.69) is 30.5 Å². The van der Waals surface area contributed by atoms with Crippen molar-refractivity contribution in [1.29, 1.82) is 0 Å². The second-order valence-electron chi connectivity index (χ2n) is 4.45. The molecule has 110 valence electrons. The van der Waals surface area contributed by atoms with Crippen LogP contribution in [0.1, 0.15) is 26.7 Å². The lowest BCUT2D eigenvalue weighted by Gasteiger charge is -2.25. The van der Waals surface area contributed by atoms with E-state index in [-0.39, 0.29) is 25.0 Å². The number of carbonyl (C=O) groups is 2. The van der Waals surface area contributed by atoms with Crippen molar-refractivity contribution in [3.8, 4) is 0 Å². The molecular formula is C14H26N2O3. The first-order valence-electron chi connectivity index (χ1n) is 6.75. The first-order chi connectivity index (χ1) is 9.08. The zero-order valence-electron chi connectivity index (χ0n) is 12.3. The number of methoxy groups -OCH3 is 1. The molecule has 5 heteroatoms. The van der Waals surface area contributed by atoms with Gasteiger partial charge in [-0.05, 0) is 5.92 Å². The summed E-state index contributed by atoms with van der Waals surface area (Å²) in [6, 6.07) is 0. The van der Waals surface area contributed by atoms with Gasteiger partial charge in [-0.15, -0.1) is 6.58 Å². The predicted octanol–water partition coefficient (Wildman–Crippen LogP) is 1.20. The minimum atomic E-state index is -0.386. The fraction of sp³-hybridized carbons (Fsp3) is 0.714. The van der Waals surface area contributed by atoms with Gasteiger partial charge in [0.2, 0.25) is 5.91 Å². The van der Waals surface area contributed by atoms with Crippen LogP contribution in [0.3, 0.4) is 0 Å². The highest BCUT2D eigenvalue weighted by molar-refractivity contribution is 5.83. The van der Waals surface area contributed by atoms with Crippen LogP contribution in [-0.4, -0.2) is 50.1 Å². The van der Waals surface area contributed by atoms with Gasteiger partial charge in [0.15, 0.2) is 0 Å². The van der Waals surface area contributed by atoms with Crippen molar-refractivity contribution in [3.05, 3.63) is 12.7 Å². The van der Waals surface area contributed by atoms with Crippen molar-refractivity contribution in [2.45, 2.75) is 26.7 Å². The van der Waals surface area contributed by atoms with Crippen molar-refractivity contribution in [2.24, 2.45) is 5.92 Å². The quantitative estimate of drug-likeness (QED) is 0.368.